The zero-order chi connectivity index (χ0) is 38.6. The van der Waals surface area contributed by atoms with Gasteiger partial charge in [-0.2, -0.15) is 0 Å². The second kappa shape index (κ2) is 19.7. The van der Waals surface area contributed by atoms with Gasteiger partial charge in [-0.25, -0.2) is 4.39 Å². The highest BCUT2D eigenvalue weighted by Gasteiger charge is 2.32. The molecule has 4 unspecified atom stereocenters. The average molecular weight is 778 g/mol. The number of nitrogens with zero attached hydrogens (tertiary/aromatic N) is 2. The van der Waals surface area contributed by atoms with Crippen LogP contribution >= 0.6 is 23.2 Å². The van der Waals surface area contributed by atoms with E-state index in [1.54, 1.807) is 20.3 Å². The summed E-state index contributed by atoms with van der Waals surface area (Å²) in [5, 5.41) is 8.59. The lowest BCUT2D eigenvalue weighted by Crippen LogP contribution is -2.27. The molecule has 288 valence electrons. The van der Waals surface area contributed by atoms with Gasteiger partial charge in [-0.15, -0.1) is 0 Å². The highest BCUT2D eigenvalue weighted by Crippen LogP contribution is 2.35. The summed E-state index contributed by atoms with van der Waals surface area (Å²) < 4.78 is 34.9. The van der Waals surface area contributed by atoms with Crippen molar-refractivity contribution in [3.63, 3.8) is 0 Å². The molecule has 0 saturated heterocycles. The Balaban J connectivity index is 0.000000208. The van der Waals surface area contributed by atoms with Crippen molar-refractivity contribution in [3.05, 3.63) is 117 Å². The fourth-order valence-corrected chi connectivity index (χ4v) is 6.86. The normalized spacial score (nSPS) is 18.9. The standard InChI is InChI=1S/C22H27ClN2O2.C21H24ClFN2O2/c1-5-6-19-21(15-7-9-16(23)10-8-15)25-22(24-19)18-12-11-17(26-4)13-20(18)27-14(2)3;1-3-4-18-20(14-5-7-15(22)8-6-14)25-21(24-18)17-10-9-16(26-2)13-19(17)27-12-11-23/h7-14,19,21H,5-6H2,1-4H3,(H,24,25);5-10,13,18,20H,3-4,11-12H2,1-2H3,(H,24,25). The highest BCUT2D eigenvalue weighted by atomic mass is 35.5. The van der Waals surface area contributed by atoms with Crippen molar-refractivity contribution >= 4 is 34.9 Å². The molecular formula is C43H51Cl2FN4O4. The average Bonchev–Trinajstić information content (AvgIpc) is 3.79. The van der Waals surface area contributed by atoms with Crippen LogP contribution in [0.2, 0.25) is 10.0 Å². The lowest BCUT2D eigenvalue weighted by molar-refractivity contribution is 0.240. The van der Waals surface area contributed by atoms with Gasteiger partial charge >= 0.3 is 0 Å². The number of ether oxygens (including phenoxy) is 4. The lowest BCUT2D eigenvalue weighted by Gasteiger charge is -2.20. The molecule has 0 spiro atoms. The van der Waals surface area contributed by atoms with Gasteiger partial charge in [0.05, 0.1) is 55.6 Å². The zero-order valence-electron chi connectivity index (χ0n) is 31.9. The van der Waals surface area contributed by atoms with Gasteiger partial charge in [0.15, 0.2) is 0 Å². The van der Waals surface area contributed by atoms with Crippen LogP contribution in [-0.4, -0.2) is 57.4 Å². The summed E-state index contributed by atoms with van der Waals surface area (Å²) in [5.41, 5.74) is 4.09. The summed E-state index contributed by atoms with van der Waals surface area (Å²) in [5.74, 6) is 4.39. The molecule has 54 heavy (non-hydrogen) atoms. The summed E-state index contributed by atoms with van der Waals surface area (Å²) >= 11 is 12.1. The molecule has 2 heterocycles. The van der Waals surface area contributed by atoms with Gasteiger partial charge in [0.1, 0.15) is 48.0 Å². The van der Waals surface area contributed by atoms with Gasteiger partial charge in [-0.3, -0.25) is 9.98 Å². The molecule has 2 aliphatic heterocycles. The number of alkyl halides is 1. The molecule has 0 radical (unpaired) electrons. The van der Waals surface area contributed by atoms with Crippen molar-refractivity contribution in [2.24, 2.45) is 9.98 Å². The maximum atomic E-state index is 12.6. The number of methoxy groups -OCH3 is 2. The van der Waals surface area contributed by atoms with Crippen molar-refractivity contribution < 1.29 is 23.3 Å². The van der Waals surface area contributed by atoms with Crippen LogP contribution in [0.3, 0.4) is 0 Å². The van der Waals surface area contributed by atoms with Gasteiger partial charge < -0.3 is 29.6 Å². The van der Waals surface area contributed by atoms with Crippen molar-refractivity contribution in [2.45, 2.75) is 83.6 Å². The minimum absolute atomic E-state index is 0.00749. The molecule has 11 heteroatoms. The third kappa shape index (κ3) is 10.4. The molecule has 0 aromatic heterocycles. The Morgan fingerprint density at radius 2 is 1.11 bits per heavy atom. The number of nitrogens with one attached hydrogen (secondary N) is 2. The van der Waals surface area contributed by atoms with E-state index in [-0.39, 0.29) is 36.9 Å². The predicted molar refractivity (Wildman–Crippen MR) is 218 cm³/mol. The summed E-state index contributed by atoms with van der Waals surface area (Å²) in [6.45, 7) is 7.81. The van der Waals surface area contributed by atoms with Gasteiger partial charge in [0.25, 0.3) is 0 Å². The maximum Gasteiger partial charge on any atom is 0.134 e. The zero-order valence-corrected chi connectivity index (χ0v) is 33.4. The van der Waals surface area contributed by atoms with Crippen LogP contribution in [0.15, 0.2) is 94.9 Å². The summed E-state index contributed by atoms with van der Waals surface area (Å²) in [6, 6.07) is 27.7. The Morgan fingerprint density at radius 3 is 1.52 bits per heavy atom. The minimum Gasteiger partial charge on any atom is -0.497 e. The largest absolute Gasteiger partial charge is 0.497 e. The molecule has 0 aliphatic carbocycles. The second-order valence-electron chi connectivity index (χ2n) is 13.4. The topological polar surface area (TPSA) is 85.7 Å². The number of hydrogen-bond donors (Lipinski definition) is 2. The molecule has 2 N–H and O–H groups in total. The third-order valence-corrected chi connectivity index (χ3v) is 9.66. The summed E-state index contributed by atoms with van der Waals surface area (Å²) in [7, 11) is 3.25. The van der Waals surface area contributed by atoms with Crippen LogP contribution in [0, 0.1) is 0 Å². The van der Waals surface area contributed by atoms with Gasteiger partial charge in [0.2, 0.25) is 0 Å². The van der Waals surface area contributed by atoms with Crippen LogP contribution < -0.4 is 29.6 Å². The number of halogens is 3. The smallest absolute Gasteiger partial charge is 0.134 e. The van der Waals surface area contributed by atoms with E-state index in [2.05, 4.69) is 36.6 Å². The van der Waals surface area contributed by atoms with Gasteiger partial charge in [-0.1, -0.05) is 74.2 Å². The van der Waals surface area contributed by atoms with E-state index in [1.165, 1.54) is 5.56 Å². The van der Waals surface area contributed by atoms with E-state index >= 15 is 0 Å². The molecule has 0 amide bonds. The Morgan fingerprint density at radius 1 is 0.667 bits per heavy atom. The van der Waals surface area contributed by atoms with E-state index < -0.39 is 6.67 Å². The molecule has 8 nitrogen and oxygen atoms in total. The Bertz CT molecular complexity index is 1870. The molecule has 0 saturated carbocycles. The molecule has 4 aromatic rings. The molecule has 0 fully saturated rings. The number of hydrogen-bond acceptors (Lipinski definition) is 8. The van der Waals surface area contributed by atoms with Crippen molar-refractivity contribution in [1.29, 1.82) is 0 Å². The molecule has 0 bridgehead atoms. The highest BCUT2D eigenvalue weighted by molar-refractivity contribution is 6.30. The lowest BCUT2D eigenvalue weighted by atomic mass is 9.97. The first kappa shape index (κ1) is 40.7. The number of aliphatic imine (C=N–C) groups is 2. The molecule has 6 rings (SSSR count). The van der Waals surface area contributed by atoms with Gasteiger partial charge in [0, 0.05) is 22.2 Å². The first-order valence-corrected chi connectivity index (χ1v) is 19.3. The summed E-state index contributed by atoms with van der Waals surface area (Å²) in [4.78, 5) is 9.91. The monoisotopic (exact) mass is 776 g/mol. The SMILES string of the molecule is CCCC1N=C(c2ccc(OC)cc2OC(C)C)NC1c1ccc(Cl)cc1.CCCC1N=C(c2ccc(OC)cc2OCCF)NC1c1ccc(Cl)cc1. The Kier molecular flexibility index (Phi) is 14.9. The first-order chi connectivity index (χ1) is 26.2. The fourth-order valence-electron chi connectivity index (χ4n) is 6.61. The predicted octanol–water partition coefficient (Wildman–Crippen LogP) is 10.4. The number of rotatable bonds is 15. The Labute approximate surface area is 329 Å². The van der Waals surface area contributed by atoms with E-state index in [4.69, 9.17) is 52.1 Å². The third-order valence-electron chi connectivity index (χ3n) is 9.16. The van der Waals surface area contributed by atoms with Crippen LogP contribution in [-0.2, 0) is 0 Å². The van der Waals surface area contributed by atoms with Crippen LogP contribution in [0.4, 0.5) is 4.39 Å². The van der Waals surface area contributed by atoms with Crippen LogP contribution in [0.25, 0.3) is 0 Å². The van der Waals surface area contributed by atoms with E-state index in [0.29, 0.717) is 16.5 Å². The van der Waals surface area contributed by atoms with E-state index in [0.717, 1.165) is 70.6 Å². The minimum atomic E-state index is -0.553. The van der Waals surface area contributed by atoms with Crippen LogP contribution in [0.5, 0.6) is 23.0 Å². The van der Waals surface area contributed by atoms with Crippen LogP contribution in [0.1, 0.15) is 87.7 Å². The van der Waals surface area contributed by atoms with E-state index in [9.17, 15) is 4.39 Å². The fraction of sp³-hybridized carbons (Fsp3) is 0.395. The van der Waals surface area contributed by atoms with Crippen molar-refractivity contribution in [2.75, 3.05) is 27.5 Å². The second-order valence-corrected chi connectivity index (χ2v) is 14.3. The molecular weight excluding hydrogens is 726 g/mol. The quantitative estimate of drug-likeness (QED) is 0.125. The number of amidine groups is 2. The van der Waals surface area contributed by atoms with Gasteiger partial charge in [-0.05, 0) is 86.3 Å². The number of benzene rings is 4. The molecule has 4 aromatic carbocycles. The molecule has 4 atom stereocenters. The summed E-state index contributed by atoms with van der Waals surface area (Å²) in [6.07, 6.45) is 4.14. The van der Waals surface area contributed by atoms with E-state index in [1.807, 2.05) is 80.6 Å². The van der Waals surface area contributed by atoms with Crippen molar-refractivity contribution in [3.8, 4) is 23.0 Å². The maximum absolute atomic E-state index is 12.6. The first-order valence-electron chi connectivity index (χ1n) is 18.6. The van der Waals surface area contributed by atoms with Crippen molar-refractivity contribution in [1.82, 2.24) is 10.6 Å². The Hall–Kier alpha value is -4.47. The molecule has 2 aliphatic rings.